The van der Waals surface area contributed by atoms with Crippen LogP contribution in [0.2, 0.25) is 0 Å². The molecule has 0 aliphatic carbocycles. The number of unbranched alkanes of at least 4 members (excludes halogenated alkanes) is 1. The number of aliphatic carboxylic acids is 1. The topological polar surface area (TPSA) is 113 Å². The van der Waals surface area contributed by atoms with Crippen LogP contribution in [0.25, 0.3) is 0 Å². The van der Waals surface area contributed by atoms with Crippen LogP contribution in [0, 0.1) is 17.8 Å². The molecule has 2 aliphatic heterocycles. The zero-order valence-electron chi connectivity index (χ0n) is 18.4. The van der Waals surface area contributed by atoms with Gasteiger partial charge in [0.2, 0.25) is 11.8 Å². The predicted octanol–water partition coefficient (Wildman–Crippen LogP) is 2.39. The molecule has 31 heavy (non-hydrogen) atoms. The first-order valence-corrected chi connectivity index (χ1v) is 10.8. The maximum atomic E-state index is 13.3. The van der Waals surface area contributed by atoms with Gasteiger partial charge in [0.05, 0.1) is 24.5 Å². The molecule has 2 N–H and O–H groups in total. The third-order valence-electron chi connectivity index (χ3n) is 6.86. The Bertz CT molecular complexity index is 883. The Labute approximate surface area is 181 Å². The molecule has 8 nitrogen and oxygen atoms in total. The molecule has 2 heterocycles. The third-order valence-corrected chi connectivity index (χ3v) is 6.86. The van der Waals surface area contributed by atoms with Crippen LogP contribution >= 0.6 is 0 Å². The summed E-state index contributed by atoms with van der Waals surface area (Å²) in [6, 6.07) is 5.88. The Kier molecular flexibility index (Phi) is 6.50. The van der Waals surface area contributed by atoms with Crippen LogP contribution in [0.5, 0.6) is 0 Å². The first-order valence-electron chi connectivity index (χ1n) is 10.8. The summed E-state index contributed by atoms with van der Waals surface area (Å²) in [5, 5.41) is 13.5. The van der Waals surface area contributed by atoms with Crippen molar-refractivity contribution >= 4 is 23.8 Å². The van der Waals surface area contributed by atoms with Gasteiger partial charge in [-0.15, -0.1) is 0 Å². The van der Waals surface area contributed by atoms with Gasteiger partial charge in [-0.25, -0.2) is 4.79 Å². The number of imide groups is 1. The number of carbonyl (C=O) groups excluding carboxylic acids is 3. The van der Waals surface area contributed by atoms with Gasteiger partial charge in [0.15, 0.2) is 0 Å². The molecule has 1 aromatic rings. The van der Waals surface area contributed by atoms with Crippen molar-refractivity contribution in [2.45, 2.75) is 51.6 Å². The van der Waals surface area contributed by atoms with Gasteiger partial charge in [0.25, 0.3) is 0 Å². The lowest BCUT2D eigenvalue weighted by Crippen LogP contribution is -2.59. The molecule has 2 aliphatic rings. The van der Waals surface area contributed by atoms with Crippen LogP contribution in [-0.2, 0) is 19.1 Å². The number of carbonyl (C=O) groups is 4. The number of amides is 2. The second kappa shape index (κ2) is 8.78. The fourth-order valence-electron chi connectivity index (χ4n) is 4.95. The van der Waals surface area contributed by atoms with Crippen LogP contribution in [0.4, 0.5) is 0 Å². The molecule has 0 spiro atoms. The number of nitrogens with zero attached hydrogens (tertiary/aromatic N) is 1. The summed E-state index contributed by atoms with van der Waals surface area (Å²) in [6.07, 6.45) is 2.03. The summed E-state index contributed by atoms with van der Waals surface area (Å²) in [5.41, 5.74) is -0.531. The smallest absolute Gasteiger partial charge is 0.337 e. The fourth-order valence-corrected chi connectivity index (χ4v) is 4.95. The lowest BCUT2D eigenvalue weighted by molar-refractivity contribution is -0.154. The largest absolute Gasteiger partial charge is 0.480 e. The number of nitrogens with one attached hydrogen (secondary N) is 1. The van der Waals surface area contributed by atoms with Crippen LogP contribution < -0.4 is 5.32 Å². The molecule has 2 fully saturated rings. The van der Waals surface area contributed by atoms with Gasteiger partial charge in [-0.05, 0) is 30.0 Å². The van der Waals surface area contributed by atoms with E-state index in [1.54, 1.807) is 31.2 Å². The molecule has 5 unspecified atom stereocenters. The van der Waals surface area contributed by atoms with E-state index in [-0.39, 0.29) is 11.8 Å². The molecule has 2 saturated heterocycles. The molecule has 0 bridgehead atoms. The highest BCUT2D eigenvalue weighted by Gasteiger charge is 2.69. The number of esters is 1. The molecule has 0 aromatic heterocycles. The lowest BCUT2D eigenvalue weighted by Gasteiger charge is -2.36. The molecule has 5 atom stereocenters. The predicted molar refractivity (Wildman–Crippen MR) is 112 cm³/mol. The SMILES string of the molecule is CCCCN1C(=O)C2C(c3ccc(C(=O)OC)cc3)NC(C(=O)O)(C(C)CC)C2C1=O. The third kappa shape index (κ3) is 3.52. The molecule has 0 radical (unpaired) electrons. The first-order chi connectivity index (χ1) is 14.7. The van der Waals surface area contributed by atoms with Crippen molar-refractivity contribution in [3.8, 4) is 0 Å². The maximum absolute atomic E-state index is 13.3. The van der Waals surface area contributed by atoms with Crippen LogP contribution in [0.3, 0.4) is 0 Å². The number of likely N-dealkylation sites (tertiary alicyclic amines) is 1. The summed E-state index contributed by atoms with van der Waals surface area (Å²) in [4.78, 5) is 52.3. The van der Waals surface area contributed by atoms with Crippen molar-refractivity contribution in [3.05, 3.63) is 35.4 Å². The van der Waals surface area contributed by atoms with Gasteiger partial charge < -0.3 is 9.84 Å². The van der Waals surface area contributed by atoms with E-state index in [9.17, 15) is 24.3 Å². The Morgan fingerprint density at radius 1 is 1.19 bits per heavy atom. The molecule has 0 saturated carbocycles. The van der Waals surface area contributed by atoms with E-state index in [2.05, 4.69) is 5.32 Å². The van der Waals surface area contributed by atoms with Crippen molar-refractivity contribution in [2.75, 3.05) is 13.7 Å². The van der Waals surface area contributed by atoms with Crippen LogP contribution in [0.15, 0.2) is 24.3 Å². The zero-order chi connectivity index (χ0) is 22.9. The van der Waals surface area contributed by atoms with Gasteiger partial charge in [0, 0.05) is 12.6 Å². The van der Waals surface area contributed by atoms with Gasteiger partial charge in [-0.1, -0.05) is 45.7 Å². The summed E-state index contributed by atoms with van der Waals surface area (Å²) in [5.74, 6) is -4.50. The Hall–Kier alpha value is -2.74. The highest BCUT2D eigenvalue weighted by Crippen LogP contribution is 2.52. The van der Waals surface area contributed by atoms with Crippen LogP contribution in [-0.4, -0.2) is 53.0 Å². The van der Waals surface area contributed by atoms with E-state index in [0.29, 0.717) is 30.5 Å². The van der Waals surface area contributed by atoms with Crippen molar-refractivity contribution in [1.82, 2.24) is 10.2 Å². The average Bonchev–Trinajstić information content (AvgIpc) is 3.26. The minimum atomic E-state index is -1.54. The number of ether oxygens (including phenoxy) is 1. The highest BCUT2D eigenvalue weighted by atomic mass is 16.5. The number of fused-ring (bicyclic) bond motifs is 1. The second-order valence-corrected chi connectivity index (χ2v) is 8.40. The number of hydrogen-bond donors (Lipinski definition) is 2. The van der Waals surface area contributed by atoms with E-state index in [1.165, 1.54) is 12.0 Å². The van der Waals surface area contributed by atoms with Crippen LogP contribution in [0.1, 0.15) is 62.0 Å². The Morgan fingerprint density at radius 2 is 1.84 bits per heavy atom. The monoisotopic (exact) mass is 430 g/mol. The molecule has 168 valence electrons. The van der Waals surface area contributed by atoms with Gasteiger partial charge >= 0.3 is 11.9 Å². The normalized spacial score (nSPS) is 28.5. The van der Waals surface area contributed by atoms with E-state index < -0.39 is 41.3 Å². The Morgan fingerprint density at radius 3 is 2.35 bits per heavy atom. The minimum Gasteiger partial charge on any atom is -0.480 e. The summed E-state index contributed by atoms with van der Waals surface area (Å²) < 4.78 is 4.73. The number of carboxylic acid groups (broad SMARTS) is 1. The number of hydrogen-bond acceptors (Lipinski definition) is 6. The van der Waals surface area contributed by atoms with E-state index in [1.807, 2.05) is 13.8 Å². The maximum Gasteiger partial charge on any atom is 0.337 e. The highest BCUT2D eigenvalue weighted by molar-refractivity contribution is 6.09. The van der Waals surface area contributed by atoms with E-state index in [0.717, 1.165) is 6.42 Å². The van der Waals surface area contributed by atoms with Crippen molar-refractivity contribution in [1.29, 1.82) is 0 Å². The van der Waals surface area contributed by atoms with E-state index >= 15 is 0 Å². The average molecular weight is 431 g/mol. The fraction of sp³-hybridized carbons (Fsp3) is 0.565. The molecular weight excluding hydrogens is 400 g/mol. The molecule has 1 aromatic carbocycles. The molecular formula is C23H30N2O6. The molecule has 3 rings (SSSR count). The number of methoxy groups -OCH3 is 1. The molecule has 8 heteroatoms. The number of benzene rings is 1. The van der Waals surface area contributed by atoms with Gasteiger partial charge in [-0.2, -0.15) is 0 Å². The summed E-state index contributed by atoms with van der Waals surface area (Å²) in [7, 11) is 1.29. The zero-order valence-corrected chi connectivity index (χ0v) is 18.4. The molecule has 2 amide bonds. The van der Waals surface area contributed by atoms with E-state index in [4.69, 9.17) is 4.74 Å². The van der Waals surface area contributed by atoms with Crippen molar-refractivity contribution in [2.24, 2.45) is 17.8 Å². The number of carboxylic acids is 1. The second-order valence-electron chi connectivity index (χ2n) is 8.40. The standard InChI is InChI=1S/C23H30N2O6/c1-5-7-12-25-19(26)16-17(20(25)27)23(22(29)30,13(3)6-2)24-18(16)14-8-10-15(11-9-14)21(28)31-4/h8-11,13,16-18,24H,5-7,12H2,1-4H3,(H,29,30). The first kappa shape index (κ1) is 22.9. The lowest BCUT2D eigenvalue weighted by atomic mass is 9.72. The Balaban J connectivity index is 2.09. The number of rotatable bonds is 8. The summed E-state index contributed by atoms with van der Waals surface area (Å²) in [6.45, 7) is 5.94. The van der Waals surface area contributed by atoms with Gasteiger partial charge in [0.1, 0.15) is 5.54 Å². The minimum absolute atomic E-state index is 0.297. The van der Waals surface area contributed by atoms with Gasteiger partial charge in [-0.3, -0.25) is 24.6 Å². The van der Waals surface area contributed by atoms with Crippen molar-refractivity contribution < 1.29 is 29.0 Å². The summed E-state index contributed by atoms with van der Waals surface area (Å²) >= 11 is 0. The van der Waals surface area contributed by atoms with Crippen molar-refractivity contribution in [3.63, 3.8) is 0 Å². The quantitative estimate of drug-likeness (QED) is 0.481.